The molecule has 0 spiro atoms. The van der Waals surface area contributed by atoms with Crippen LogP contribution in [-0.4, -0.2) is 44.1 Å². The number of hydrogen-bond donors (Lipinski definition) is 1. The van der Waals surface area contributed by atoms with Gasteiger partial charge in [0.1, 0.15) is 5.02 Å². The first-order valence-electron chi connectivity index (χ1n) is 9.55. The van der Waals surface area contributed by atoms with Crippen LogP contribution in [0.4, 0.5) is 5.69 Å². The third kappa shape index (κ3) is 4.70. The summed E-state index contributed by atoms with van der Waals surface area (Å²) in [6.07, 6.45) is 5.10. The first-order valence-corrected chi connectivity index (χ1v) is 11.3. The zero-order valence-corrected chi connectivity index (χ0v) is 18.0. The lowest BCUT2D eigenvalue weighted by Crippen LogP contribution is -2.34. The average molecular weight is 438 g/mol. The van der Waals surface area contributed by atoms with Crippen LogP contribution in [0.2, 0.25) is 5.02 Å². The van der Waals surface area contributed by atoms with E-state index in [0.29, 0.717) is 17.1 Å². The number of methoxy groups -OCH3 is 1. The van der Waals surface area contributed by atoms with E-state index in [-0.39, 0.29) is 21.9 Å². The van der Waals surface area contributed by atoms with Gasteiger partial charge in [-0.1, -0.05) is 37.1 Å². The molecule has 1 heterocycles. The molecule has 1 N–H and O–H groups in total. The summed E-state index contributed by atoms with van der Waals surface area (Å²) in [7, 11) is 0.439. The van der Waals surface area contributed by atoms with Crippen LogP contribution >= 0.6 is 11.6 Å². The van der Waals surface area contributed by atoms with Gasteiger partial charge in [-0.25, -0.2) is 4.79 Å². The van der Waals surface area contributed by atoms with Gasteiger partial charge >= 0.3 is 5.97 Å². The number of nitrogens with one attached hydrogen (secondary N) is 1. The van der Waals surface area contributed by atoms with Crippen LogP contribution in [0.3, 0.4) is 0 Å². The van der Waals surface area contributed by atoms with E-state index in [1.165, 1.54) is 13.3 Å². The minimum Gasteiger partial charge on any atom is -0.465 e. The summed E-state index contributed by atoms with van der Waals surface area (Å²) in [4.78, 5) is 24.8. The zero-order chi connectivity index (χ0) is 21.0. The Hall–Kier alpha value is -2.19. The van der Waals surface area contributed by atoms with Crippen molar-refractivity contribution >= 4 is 34.1 Å². The van der Waals surface area contributed by atoms with Crippen LogP contribution in [0.5, 0.6) is 0 Å². The molecule has 1 aliphatic rings. The summed E-state index contributed by atoms with van der Waals surface area (Å²) in [5.41, 5.74) is 0.432. The van der Waals surface area contributed by atoms with Gasteiger partial charge in [0.15, 0.2) is 0 Å². The highest BCUT2D eigenvalue weighted by Crippen LogP contribution is 2.27. The van der Waals surface area contributed by atoms with Crippen molar-refractivity contribution < 1.29 is 13.7 Å². The van der Waals surface area contributed by atoms with E-state index in [9.17, 15) is 13.8 Å². The number of carbonyl (C=O) groups excluding carboxylic acids is 1. The Morgan fingerprint density at radius 2 is 2.14 bits per heavy atom. The van der Waals surface area contributed by atoms with Crippen LogP contribution in [0.1, 0.15) is 43.0 Å². The van der Waals surface area contributed by atoms with Crippen molar-refractivity contribution in [2.75, 3.05) is 18.2 Å². The van der Waals surface area contributed by atoms with Gasteiger partial charge < -0.3 is 10.1 Å². The number of para-hydroxylation sites is 1. The Labute approximate surface area is 176 Å². The van der Waals surface area contributed by atoms with Crippen LogP contribution in [0, 0.1) is 0 Å². The summed E-state index contributed by atoms with van der Waals surface area (Å²) in [6.45, 7) is 1.93. The number of hydrogen-bond acceptors (Lipinski definition) is 6. The van der Waals surface area contributed by atoms with Crippen molar-refractivity contribution in [1.29, 1.82) is 0 Å². The second kappa shape index (κ2) is 9.54. The smallest absolute Gasteiger partial charge is 0.340 e. The second-order valence-corrected chi connectivity index (χ2v) is 9.28. The van der Waals surface area contributed by atoms with Gasteiger partial charge in [0.05, 0.1) is 30.2 Å². The lowest BCUT2D eigenvalue weighted by Gasteiger charge is -2.29. The normalized spacial score (nSPS) is 20.1. The van der Waals surface area contributed by atoms with Crippen molar-refractivity contribution in [2.24, 2.45) is 0 Å². The van der Waals surface area contributed by atoms with Gasteiger partial charge in [-0.2, -0.15) is 9.78 Å². The van der Waals surface area contributed by atoms with Crippen LogP contribution in [0.15, 0.2) is 35.3 Å². The largest absolute Gasteiger partial charge is 0.465 e. The van der Waals surface area contributed by atoms with Crippen molar-refractivity contribution in [3.05, 3.63) is 51.4 Å². The Bertz CT molecular complexity index is 978. The Kier molecular flexibility index (Phi) is 7.08. The number of anilines is 1. The van der Waals surface area contributed by atoms with E-state index in [0.717, 1.165) is 30.4 Å². The molecule has 2 aromatic rings. The predicted octanol–water partition coefficient (Wildman–Crippen LogP) is 3.16. The molecule has 9 heteroatoms. The molecule has 7 nitrogen and oxygen atoms in total. The second-order valence-electron chi connectivity index (χ2n) is 6.90. The van der Waals surface area contributed by atoms with Gasteiger partial charge in [-0.15, -0.1) is 0 Å². The van der Waals surface area contributed by atoms with E-state index < -0.39 is 22.3 Å². The number of aromatic nitrogens is 2. The molecule has 1 saturated carbocycles. The topological polar surface area (TPSA) is 90.3 Å². The molecule has 1 aromatic carbocycles. The molecule has 3 unspecified atom stereocenters. The van der Waals surface area contributed by atoms with Gasteiger partial charge in [-0.05, 0) is 31.4 Å². The van der Waals surface area contributed by atoms with E-state index >= 15 is 0 Å². The highest BCUT2D eigenvalue weighted by Gasteiger charge is 2.26. The molecule has 156 valence electrons. The molecule has 29 heavy (non-hydrogen) atoms. The molecule has 1 aliphatic carbocycles. The third-order valence-corrected chi connectivity index (χ3v) is 7.20. The highest BCUT2D eigenvalue weighted by atomic mass is 35.5. The minimum atomic E-state index is -0.837. The maximum absolute atomic E-state index is 12.8. The lowest BCUT2D eigenvalue weighted by molar-refractivity contribution is 0.0600. The molecule has 3 rings (SSSR count). The zero-order valence-electron chi connectivity index (χ0n) is 16.4. The number of nitrogens with zero attached hydrogens (tertiary/aromatic N) is 2. The number of carbonyl (C=O) groups is 1. The maximum atomic E-state index is 12.8. The van der Waals surface area contributed by atoms with Crippen molar-refractivity contribution in [3.63, 3.8) is 0 Å². The van der Waals surface area contributed by atoms with E-state index in [4.69, 9.17) is 16.3 Å². The Morgan fingerprint density at radius 3 is 2.86 bits per heavy atom. The fourth-order valence-corrected chi connectivity index (χ4v) is 5.15. The Morgan fingerprint density at radius 1 is 1.38 bits per heavy atom. The maximum Gasteiger partial charge on any atom is 0.340 e. The molecule has 3 atom stereocenters. The summed E-state index contributed by atoms with van der Waals surface area (Å²) in [5.74, 6) is 0.0832. The molecule has 0 radical (unpaired) electrons. The van der Waals surface area contributed by atoms with E-state index in [1.807, 2.05) is 6.92 Å². The van der Waals surface area contributed by atoms with Gasteiger partial charge in [0.2, 0.25) is 0 Å². The van der Waals surface area contributed by atoms with E-state index in [1.54, 1.807) is 24.3 Å². The van der Waals surface area contributed by atoms with Crippen molar-refractivity contribution in [2.45, 2.75) is 43.9 Å². The predicted molar refractivity (Wildman–Crippen MR) is 115 cm³/mol. The fraction of sp³-hybridized carbons (Fsp3) is 0.450. The van der Waals surface area contributed by atoms with Gasteiger partial charge in [0, 0.05) is 27.8 Å². The summed E-state index contributed by atoms with van der Waals surface area (Å²) in [6, 6.07) is 6.63. The first kappa shape index (κ1) is 21.5. The number of rotatable bonds is 6. The standard InChI is InChI=1S/C20H24ClN3O4S/c1-3-29(27)14-8-6-7-13(11-14)23-16-12-22-24(19(25)18(16)21)17-10-5-4-9-15(17)20(26)28-2/h4-5,9-10,12-14,23H,3,6-8,11H2,1-2H3. The Balaban J connectivity index is 1.87. The fourth-order valence-electron chi connectivity index (χ4n) is 3.62. The monoisotopic (exact) mass is 437 g/mol. The average Bonchev–Trinajstić information content (AvgIpc) is 2.76. The van der Waals surface area contributed by atoms with Crippen molar-refractivity contribution in [1.82, 2.24) is 9.78 Å². The molecule has 0 aliphatic heterocycles. The molecule has 0 amide bonds. The van der Waals surface area contributed by atoms with Crippen molar-refractivity contribution in [3.8, 4) is 5.69 Å². The van der Waals surface area contributed by atoms with Gasteiger partial charge in [0.25, 0.3) is 5.56 Å². The van der Waals surface area contributed by atoms with Crippen LogP contribution < -0.4 is 10.9 Å². The quantitative estimate of drug-likeness (QED) is 0.698. The molecule has 1 aromatic heterocycles. The first-order chi connectivity index (χ1) is 14.0. The molecule has 1 fully saturated rings. The summed E-state index contributed by atoms with van der Waals surface area (Å²) < 4.78 is 18.0. The summed E-state index contributed by atoms with van der Waals surface area (Å²) in [5, 5.41) is 7.66. The van der Waals surface area contributed by atoms with Crippen LogP contribution in [0.25, 0.3) is 5.69 Å². The number of halogens is 1. The molecule has 0 saturated heterocycles. The minimum absolute atomic E-state index is 0.00148. The number of esters is 1. The lowest BCUT2D eigenvalue weighted by atomic mass is 9.95. The molecular weight excluding hydrogens is 414 g/mol. The van der Waals surface area contributed by atoms with Gasteiger partial charge in [-0.3, -0.25) is 9.00 Å². The number of ether oxygens (including phenoxy) is 1. The molecular formula is C20H24ClN3O4S. The number of benzene rings is 1. The van der Waals surface area contributed by atoms with E-state index in [2.05, 4.69) is 10.4 Å². The third-order valence-electron chi connectivity index (χ3n) is 5.10. The van der Waals surface area contributed by atoms with Crippen LogP contribution in [-0.2, 0) is 15.5 Å². The molecule has 0 bridgehead atoms. The SMILES string of the molecule is CCS(=O)C1CCCC(Nc2cnn(-c3ccccc3C(=O)OC)c(=O)c2Cl)C1. The summed E-state index contributed by atoms with van der Waals surface area (Å²) >= 11 is 6.35. The highest BCUT2D eigenvalue weighted by molar-refractivity contribution is 7.85.